The molecule has 0 saturated heterocycles. The van der Waals surface area contributed by atoms with Gasteiger partial charge in [0.15, 0.2) is 0 Å². The third kappa shape index (κ3) is 4.23. The molecule has 0 aliphatic carbocycles. The minimum atomic E-state index is -4.65. The molecule has 1 aromatic carbocycles. The van der Waals surface area contributed by atoms with Gasteiger partial charge in [-0.3, -0.25) is 4.72 Å². The van der Waals surface area contributed by atoms with E-state index in [9.17, 15) is 21.6 Å². The van der Waals surface area contributed by atoms with Crippen LogP contribution in [0.25, 0.3) is 0 Å². The van der Waals surface area contributed by atoms with Crippen molar-refractivity contribution in [1.29, 1.82) is 0 Å². The zero-order valence-electron chi connectivity index (χ0n) is 11.5. The van der Waals surface area contributed by atoms with E-state index in [0.717, 1.165) is 24.3 Å². The zero-order valence-corrected chi connectivity index (χ0v) is 13.1. The molecule has 2 aromatic rings. The van der Waals surface area contributed by atoms with Gasteiger partial charge in [0, 0.05) is 13.1 Å². The highest BCUT2D eigenvalue weighted by Gasteiger charge is 2.31. The van der Waals surface area contributed by atoms with Crippen molar-refractivity contribution in [1.82, 2.24) is 9.97 Å². The molecule has 0 bridgehead atoms. The van der Waals surface area contributed by atoms with Gasteiger partial charge >= 0.3 is 6.18 Å². The largest absolute Gasteiger partial charge is 0.416 e. The molecule has 124 valence electrons. The molecule has 0 saturated carbocycles. The summed E-state index contributed by atoms with van der Waals surface area (Å²) in [7, 11) is -2.77. The van der Waals surface area contributed by atoms with Crippen molar-refractivity contribution in [2.45, 2.75) is 11.1 Å². The lowest BCUT2D eigenvalue weighted by atomic mass is 10.2. The van der Waals surface area contributed by atoms with Crippen LogP contribution < -0.4 is 10.0 Å². The maximum Gasteiger partial charge on any atom is 0.416 e. The molecule has 0 fully saturated rings. The van der Waals surface area contributed by atoms with Crippen molar-refractivity contribution in [3.05, 3.63) is 41.0 Å². The summed E-state index contributed by atoms with van der Waals surface area (Å²) in [6.07, 6.45) is -4.65. The quantitative estimate of drug-likeness (QED) is 0.813. The number of hydrogen-bond donors (Lipinski definition) is 2. The summed E-state index contributed by atoms with van der Waals surface area (Å²) in [4.78, 5) is 7.03. The Morgan fingerprint density at radius 3 is 2.48 bits per heavy atom. The second kappa shape index (κ2) is 6.20. The van der Waals surface area contributed by atoms with Crippen LogP contribution in [0.1, 0.15) is 5.56 Å². The summed E-state index contributed by atoms with van der Waals surface area (Å²) in [5.74, 6) is -0.119. The van der Waals surface area contributed by atoms with Crippen molar-refractivity contribution in [2.75, 3.05) is 17.1 Å². The Balaban J connectivity index is 2.38. The van der Waals surface area contributed by atoms with Gasteiger partial charge in [0.05, 0.1) is 10.5 Å². The van der Waals surface area contributed by atoms with E-state index in [0.29, 0.717) is 6.07 Å². The monoisotopic (exact) mass is 366 g/mol. The SMILES string of the molecule is CNc1nc(Cl)cc(NS(=O)(=O)c2cccc(C(F)(F)F)c2)n1. The average Bonchev–Trinajstić information content (AvgIpc) is 2.45. The first-order chi connectivity index (χ1) is 10.6. The summed E-state index contributed by atoms with van der Waals surface area (Å²) in [5.41, 5.74) is -1.07. The predicted molar refractivity (Wildman–Crippen MR) is 78.8 cm³/mol. The lowest BCUT2D eigenvalue weighted by Crippen LogP contribution is -2.16. The van der Waals surface area contributed by atoms with Gasteiger partial charge in [0.1, 0.15) is 11.0 Å². The highest BCUT2D eigenvalue weighted by molar-refractivity contribution is 7.92. The maximum absolute atomic E-state index is 12.7. The molecule has 11 heteroatoms. The van der Waals surface area contributed by atoms with Crippen molar-refractivity contribution < 1.29 is 21.6 Å². The normalized spacial score (nSPS) is 12.0. The first-order valence-electron chi connectivity index (χ1n) is 6.04. The fraction of sp³-hybridized carbons (Fsp3) is 0.167. The number of anilines is 2. The molecule has 0 aliphatic heterocycles. The van der Waals surface area contributed by atoms with Crippen LogP contribution in [0, 0.1) is 0 Å². The molecule has 6 nitrogen and oxygen atoms in total. The number of sulfonamides is 1. The van der Waals surface area contributed by atoms with Gasteiger partial charge in [0.25, 0.3) is 10.0 Å². The second-order valence-electron chi connectivity index (χ2n) is 4.28. The first kappa shape index (κ1) is 17.3. The van der Waals surface area contributed by atoms with E-state index in [1.807, 2.05) is 0 Å². The molecule has 0 spiro atoms. The van der Waals surface area contributed by atoms with Gasteiger partial charge in [-0.05, 0) is 18.2 Å². The van der Waals surface area contributed by atoms with E-state index >= 15 is 0 Å². The summed E-state index contributed by atoms with van der Waals surface area (Å²) in [6.45, 7) is 0. The maximum atomic E-state index is 12.7. The van der Waals surface area contributed by atoms with Crippen LogP contribution in [0.2, 0.25) is 5.15 Å². The van der Waals surface area contributed by atoms with Crippen molar-refractivity contribution in [3.8, 4) is 0 Å². The van der Waals surface area contributed by atoms with E-state index in [4.69, 9.17) is 11.6 Å². The highest BCUT2D eigenvalue weighted by Crippen LogP contribution is 2.30. The van der Waals surface area contributed by atoms with Gasteiger partial charge in [0.2, 0.25) is 5.95 Å². The minimum absolute atomic E-state index is 0.0360. The number of alkyl halides is 3. The van der Waals surface area contributed by atoms with Crippen molar-refractivity contribution in [3.63, 3.8) is 0 Å². The summed E-state index contributed by atoms with van der Waals surface area (Å²) in [6, 6.07) is 4.49. The van der Waals surface area contributed by atoms with E-state index in [1.165, 1.54) is 7.05 Å². The Kier molecular flexibility index (Phi) is 4.66. The molecular formula is C12H10ClF3N4O2S. The average molecular weight is 367 g/mol. The Hall–Kier alpha value is -2.07. The van der Waals surface area contributed by atoms with E-state index < -0.39 is 26.7 Å². The molecule has 0 radical (unpaired) electrons. The molecule has 1 aromatic heterocycles. The van der Waals surface area contributed by atoms with Crippen molar-refractivity contribution >= 4 is 33.4 Å². The lowest BCUT2D eigenvalue weighted by Gasteiger charge is -2.11. The molecule has 0 unspecified atom stereocenters. The van der Waals surface area contributed by atoms with Gasteiger partial charge in [-0.15, -0.1) is 0 Å². The van der Waals surface area contributed by atoms with Crippen LogP contribution in [-0.2, 0) is 16.2 Å². The number of nitrogens with zero attached hydrogens (tertiary/aromatic N) is 2. The fourth-order valence-electron chi connectivity index (χ4n) is 1.62. The van der Waals surface area contributed by atoms with E-state index in [-0.39, 0.29) is 16.9 Å². The van der Waals surface area contributed by atoms with Gasteiger partial charge in [-0.1, -0.05) is 17.7 Å². The molecule has 0 amide bonds. The summed E-state index contributed by atoms with van der Waals surface area (Å²) in [5, 5.41) is 2.54. The number of benzene rings is 1. The minimum Gasteiger partial charge on any atom is -0.357 e. The Labute approximate surface area is 134 Å². The number of rotatable bonds is 4. The topological polar surface area (TPSA) is 84.0 Å². The summed E-state index contributed by atoms with van der Waals surface area (Å²) < 4.78 is 64.5. The number of halogens is 4. The van der Waals surface area contributed by atoms with E-state index in [2.05, 4.69) is 20.0 Å². The van der Waals surface area contributed by atoms with Crippen molar-refractivity contribution in [2.24, 2.45) is 0 Å². The van der Waals surface area contributed by atoms with Crippen LogP contribution >= 0.6 is 11.6 Å². The van der Waals surface area contributed by atoms with E-state index in [1.54, 1.807) is 0 Å². The molecule has 23 heavy (non-hydrogen) atoms. The van der Waals surface area contributed by atoms with Crippen LogP contribution in [0.15, 0.2) is 35.2 Å². The molecule has 2 N–H and O–H groups in total. The third-order valence-corrected chi connectivity index (χ3v) is 4.18. The Morgan fingerprint density at radius 1 is 1.17 bits per heavy atom. The Morgan fingerprint density at radius 2 is 1.87 bits per heavy atom. The van der Waals surface area contributed by atoms with Crippen LogP contribution in [0.4, 0.5) is 24.9 Å². The number of nitrogens with one attached hydrogen (secondary N) is 2. The number of hydrogen-bond acceptors (Lipinski definition) is 5. The molecule has 0 atom stereocenters. The van der Waals surface area contributed by atoms with Crippen LogP contribution in [-0.4, -0.2) is 25.4 Å². The second-order valence-corrected chi connectivity index (χ2v) is 6.35. The smallest absolute Gasteiger partial charge is 0.357 e. The predicted octanol–water partition coefficient (Wildman–Crippen LogP) is 2.99. The lowest BCUT2D eigenvalue weighted by molar-refractivity contribution is -0.137. The fourth-order valence-corrected chi connectivity index (χ4v) is 2.84. The third-order valence-electron chi connectivity index (χ3n) is 2.63. The zero-order chi connectivity index (χ0) is 17.3. The Bertz CT molecular complexity index is 827. The first-order valence-corrected chi connectivity index (χ1v) is 7.90. The van der Waals surface area contributed by atoms with Crippen LogP contribution in [0.5, 0.6) is 0 Å². The number of aromatic nitrogens is 2. The molecule has 1 heterocycles. The highest BCUT2D eigenvalue weighted by atomic mass is 35.5. The van der Waals surface area contributed by atoms with Crippen LogP contribution in [0.3, 0.4) is 0 Å². The molecular weight excluding hydrogens is 357 g/mol. The molecule has 2 rings (SSSR count). The standard InChI is InChI=1S/C12H10ClF3N4O2S/c1-17-11-18-9(13)6-10(19-11)20-23(21,22)8-4-2-3-7(5-8)12(14,15)16/h2-6H,1H3,(H2,17,18,19,20). The van der Waals surface area contributed by atoms with Gasteiger partial charge in [-0.25, -0.2) is 13.4 Å². The van der Waals surface area contributed by atoms with Gasteiger partial charge < -0.3 is 5.32 Å². The summed E-state index contributed by atoms with van der Waals surface area (Å²) >= 11 is 5.71. The molecule has 0 aliphatic rings. The van der Waals surface area contributed by atoms with Gasteiger partial charge in [-0.2, -0.15) is 18.2 Å².